The topological polar surface area (TPSA) is 69.6 Å². The number of nitrogen functional groups attached to an aromatic ring is 1. The number of hydrogen-bond acceptors (Lipinski definition) is 4. The fraction of sp³-hybridized carbons (Fsp3) is 0.0714. The first-order valence-corrected chi connectivity index (χ1v) is 7.34. The van der Waals surface area contributed by atoms with Crippen LogP contribution in [0.5, 0.6) is 0 Å². The minimum absolute atomic E-state index is 0.515. The molecule has 2 aromatic carbocycles. The summed E-state index contributed by atoms with van der Waals surface area (Å²) in [4.78, 5) is 0. The van der Waals surface area contributed by atoms with Crippen LogP contribution in [0.4, 0.5) is 5.69 Å². The summed E-state index contributed by atoms with van der Waals surface area (Å²) in [6, 6.07) is 11.2. The molecule has 0 amide bonds. The lowest BCUT2D eigenvalue weighted by Gasteiger charge is -2.10. The van der Waals surface area contributed by atoms with E-state index in [0.29, 0.717) is 22.1 Å². The van der Waals surface area contributed by atoms with Crippen molar-refractivity contribution in [2.24, 2.45) is 0 Å². The molecule has 1 heterocycles. The fourth-order valence-electron chi connectivity index (χ4n) is 2.14. The van der Waals surface area contributed by atoms with Crippen molar-refractivity contribution in [2.75, 3.05) is 5.73 Å². The summed E-state index contributed by atoms with van der Waals surface area (Å²) < 4.78 is 2.63. The molecular formula is C14H11BrClN5. The molecule has 106 valence electrons. The van der Waals surface area contributed by atoms with Gasteiger partial charge in [-0.3, -0.25) is 0 Å². The monoisotopic (exact) mass is 363 g/mol. The van der Waals surface area contributed by atoms with Gasteiger partial charge in [0, 0.05) is 10.2 Å². The van der Waals surface area contributed by atoms with Gasteiger partial charge in [0.2, 0.25) is 0 Å². The Kier molecular flexibility index (Phi) is 3.65. The predicted molar refractivity (Wildman–Crippen MR) is 86.4 cm³/mol. The molecule has 0 aliphatic heterocycles. The number of aromatic nitrogens is 4. The quantitative estimate of drug-likeness (QED) is 0.705. The Morgan fingerprint density at radius 1 is 1.24 bits per heavy atom. The van der Waals surface area contributed by atoms with Crippen molar-refractivity contribution in [1.82, 2.24) is 20.2 Å². The molecule has 0 saturated carbocycles. The number of rotatable bonds is 2. The van der Waals surface area contributed by atoms with Crippen LogP contribution >= 0.6 is 27.5 Å². The van der Waals surface area contributed by atoms with Crippen molar-refractivity contribution < 1.29 is 0 Å². The minimum atomic E-state index is 0.515. The lowest BCUT2D eigenvalue weighted by Crippen LogP contribution is -2.04. The molecule has 0 unspecified atom stereocenters. The van der Waals surface area contributed by atoms with Crippen LogP contribution in [0, 0.1) is 6.92 Å². The zero-order chi connectivity index (χ0) is 15.0. The van der Waals surface area contributed by atoms with E-state index in [9.17, 15) is 0 Å². The van der Waals surface area contributed by atoms with Gasteiger partial charge < -0.3 is 5.73 Å². The SMILES string of the molecule is Cc1cc(Br)ccc1-n1nnnc1-c1c(N)cccc1Cl. The highest BCUT2D eigenvalue weighted by atomic mass is 79.9. The van der Waals surface area contributed by atoms with Gasteiger partial charge in [-0.05, 0) is 53.2 Å². The van der Waals surface area contributed by atoms with Crippen molar-refractivity contribution in [3.05, 3.63) is 51.5 Å². The summed E-state index contributed by atoms with van der Waals surface area (Å²) in [7, 11) is 0. The van der Waals surface area contributed by atoms with E-state index in [-0.39, 0.29) is 0 Å². The summed E-state index contributed by atoms with van der Waals surface area (Å²) >= 11 is 9.69. The van der Waals surface area contributed by atoms with Crippen molar-refractivity contribution in [3.63, 3.8) is 0 Å². The molecule has 7 heteroatoms. The molecule has 1 aromatic heterocycles. The van der Waals surface area contributed by atoms with Crippen LogP contribution in [-0.4, -0.2) is 20.2 Å². The van der Waals surface area contributed by atoms with Gasteiger partial charge in [-0.2, -0.15) is 4.68 Å². The zero-order valence-electron chi connectivity index (χ0n) is 11.1. The van der Waals surface area contributed by atoms with Gasteiger partial charge in [0.15, 0.2) is 5.82 Å². The number of tetrazole rings is 1. The number of hydrogen-bond donors (Lipinski definition) is 1. The Morgan fingerprint density at radius 3 is 2.76 bits per heavy atom. The van der Waals surface area contributed by atoms with Crippen molar-refractivity contribution in [1.29, 1.82) is 0 Å². The molecule has 0 spiro atoms. The van der Waals surface area contributed by atoms with Gasteiger partial charge in [-0.15, -0.1) is 5.10 Å². The molecule has 0 aliphatic carbocycles. The third-order valence-electron chi connectivity index (χ3n) is 3.13. The Balaban J connectivity index is 2.22. The van der Waals surface area contributed by atoms with Crippen LogP contribution in [0.2, 0.25) is 5.02 Å². The number of aryl methyl sites for hydroxylation is 1. The third kappa shape index (κ3) is 2.52. The van der Waals surface area contributed by atoms with Gasteiger partial charge in [-0.1, -0.05) is 33.6 Å². The highest BCUT2D eigenvalue weighted by Crippen LogP contribution is 2.33. The second-order valence-electron chi connectivity index (χ2n) is 4.55. The normalized spacial score (nSPS) is 10.8. The summed E-state index contributed by atoms with van der Waals surface area (Å²) in [6.07, 6.45) is 0. The molecule has 0 saturated heterocycles. The van der Waals surface area contributed by atoms with Crippen molar-refractivity contribution >= 4 is 33.2 Å². The lowest BCUT2D eigenvalue weighted by molar-refractivity contribution is 0.787. The maximum absolute atomic E-state index is 6.25. The van der Waals surface area contributed by atoms with E-state index >= 15 is 0 Å². The van der Waals surface area contributed by atoms with Crippen LogP contribution in [0.1, 0.15) is 5.56 Å². The van der Waals surface area contributed by atoms with E-state index in [1.54, 1.807) is 22.9 Å². The molecule has 3 aromatic rings. The molecule has 0 aliphatic rings. The molecule has 5 nitrogen and oxygen atoms in total. The second kappa shape index (κ2) is 5.46. The van der Waals surface area contributed by atoms with Gasteiger partial charge in [0.1, 0.15) is 0 Å². The molecule has 0 bridgehead atoms. The zero-order valence-corrected chi connectivity index (χ0v) is 13.4. The Labute approximate surface area is 134 Å². The minimum Gasteiger partial charge on any atom is -0.398 e. The molecule has 21 heavy (non-hydrogen) atoms. The summed E-state index contributed by atoms with van der Waals surface area (Å²) in [5.74, 6) is 0.517. The molecule has 2 N–H and O–H groups in total. The number of benzene rings is 2. The molecule has 0 fully saturated rings. The average Bonchev–Trinajstić information content (AvgIpc) is 2.87. The average molecular weight is 365 g/mol. The number of anilines is 1. The first kappa shape index (κ1) is 14.0. The molecule has 0 atom stereocenters. The first-order valence-electron chi connectivity index (χ1n) is 6.17. The molecular weight excluding hydrogens is 354 g/mol. The van der Waals surface area contributed by atoms with E-state index in [4.69, 9.17) is 17.3 Å². The maximum Gasteiger partial charge on any atom is 0.190 e. The van der Waals surface area contributed by atoms with Gasteiger partial charge in [0.25, 0.3) is 0 Å². The second-order valence-corrected chi connectivity index (χ2v) is 5.87. The highest BCUT2D eigenvalue weighted by molar-refractivity contribution is 9.10. The van der Waals surface area contributed by atoms with E-state index in [1.165, 1.54) is 0 Å². The molecule has 0 radical (unpaired) electrons. The highest BCUT2D eigenvalue weighted by Gasteiger charge is 2.17. The van der Waals surface area contributed by atoms with E-state index in [1.807, 2.05) is 25.1 Å². The first-order chi connectivity index (χ1) is 10.1. The van der Waals surface area contributed by atoms with Gasteiger partial charge >= 0.3 is 0 Å². The third-order valence-corrected chi connectivity index (χ3v) is 3.93. The van der Waals surface area contributed by atoms with E-state index < -0.39 is 0 Å². The predicted octanol–water partition coefficient (Wildman–Crippen LogP) is 3.64. The molecule has 3 rings (SSSR count). The van der Waals surface area contributed by atoms with Crippen LogP contribution in [0.25, 0.3) is 17.1 Å². The van der Waals surface area contributed by atoms with Crippen LogP contribution in [0.15, 0.2) is 40.9 Å². The van der Waals surface area contributed by atoms with Gasteiger partial charge in [-0.25, -0.2) is 0 Å². The number of halogens is 2. The maximum atomic E-state index is 6.25. The fourth-order valence-corrected chi connectivity index (χ4v) is 2.88. The Morgan fingerprint density at radius 2 is 2.05 bits per heavy atom. The van der Waals surface area contributed by atoms with Crippen molar-refractivity contribution in [3.8, 4) is 17.1 Å². The summed E-state index contributed by atoms with van der Waals surface area (Å²) in [5.41, 5.74) is 9.09. The van der Waals surface area contributed by atoms with Crippen LogP contribution in [0.3, 0.4) is 0 Å². The summed E-state index contributed by atoms with van der Waals surface area (Å²) in [5, 5.41) is 12.4. The van der Waals surface area contributed by atoms with Crippen LogP contribution in [-0.2, 0) is 0 Å². The largest absolute Gasteiger partial charge is 0.398 e. The van der Waals surface area contributed by atoms with Gasteiger partial charge in [0.05, 0.1) is 16.3 Å². The summed E-state index contributed by atoms with van der Waals surface area (Å²) in [6.45, 7) is 1.99. The van der Waals surface area contributed by atoms with Crippen molar-refractivity contribution in [2.45, 2.75) is 6.92 Å². The number of nitrogens with zero attached hydrogens (tertiary/aromatic N) is 4. The Bertz CT molecular complexity index is 795. The van der Waals surface area contributed by atoms with E-state index in [2.05, 4.69) is 31.5 Å². The standard InChI is InChI=1S/C14H11BrClN5/c1-8-7-9(15)5-6-12(8)21-14(18-19-20-21)13-10(16)3-2-4-11(13)17/h2-7H,17H2,1H3. The van der Waals surface area contributed by atoms with E-state index in [0.717, 1.165) is 15.7 Å². The smallest absolute Gasteiger partial charge is 0.190 e. The van der Waals surface area contributed by atoms with Crippen LogP contribution < -0.4 is 5.73 Å². The number of nitrogens with two attached hydrogens (primary N) is 1. The lowest BCUT2D eigenvalue weighted by atomic mass is 10.1. The Hall–Kier alpha value is -1.92.